The van der Waals surface area contributed by atoms with Gasteiger partial charge in [-0.25, -0.2) is 0 Å². The lowest BCUT2D eigenvalue weighted by molar-refractivity contribution is -0.137. The lowest BCUT2D eigenvalue weighted by Gasteiger charge is -2.07. The van der Waals surface area contributed by atoms with E-state index in [-0.39, 0.29) is 0 Å². The number of rotatable bonds is 1. The summed E-state index contributed by atoms with van der Waals surface area (Å²) < 4.78 is 42.2. The molecular formula is C11H8F3NO. The Hall–Kier alpha value is -1.78. The third-order valence-electron chi connectivity index (χ3n) is 2.22. The summed E-state index contributed by atoms with van der Waals surface area (Å²) >= 11 is 0. The monoisotopic (exact) mass is 227 g/mol. The Balaban J connectivity index is 2.56. The fraction of sp³-hybridized carbons (Fsp3) is 0.182. The molecule has 0 radical (unpaired) electrons. The number of hydrogen-bond acceptors (Lipinski definition) is 2. The van der Waals surface area contributed by atoms with Crippen LogP contribution < -0.4 is 4.74 Å². The minimum Gasteiger partial charge on any atom is -0.495 e. The van der Waals surface area contributed by atoms with E-state index in [0.29, 0.717) is 16.7 Å². The summed E-state index contributed by atoms with van der Waals surface area (Å²) in [5.74, 6) is 0.521. The number of ether oxygens (including phenoxy) is 1. The molecule has 0 atom stereocenters. The quantitative estimate of drug-likeness (QED) is 0.745. The largest absolute Gasteiger partial charge is 0.495 e. The van der Waals surface area contributed by atoms with Gasteiger partial charge in [0.15, 0.2) is 0 Å². The molecule has 0 N–H and O–H groups in total. The molecule has 1 aromatic heterocycles. The van der Waals surface area contributed by atoms with E-state index in [4.69, 9.17) is 4.74 Å². The molecule has 0 aliphatic rings. The van der Waals surface area contributed by atoms with Crippen LogP contribution in [0.5, 0.6) is 5.75 Å². The second-order valence-corrected chi connectivity index (χ2v) is 3.28. The fourth-order valence-corrected chi connectivity index (χ4v) is 1.39. The second-order valence-electron chi connectivity index (χ2n) is 3.28. The highest BCUT2D eigenvalue weighted by molar-refractivity contribution is 5.80. The average Bonchev–Trinajstić information content (AvgIpc) is 2.26. The first-order valence-electron chi connectivity index (χ1n) is 4.52. The fourth-order valence-electron chi connectivity index (χ4n) is 1.39. The molecular weight excluding hydrogens is 219 g/mol. The molecule has 0 fully saturated rings. The first-order chi connectivity index (χ1) is 7.50. The SMILES string of the molecule is COc1cnc2cc(C(F)(F)F)ccc2c1. The van der Waals surface area contributed by atoms with Gasteiger partial charge in [-0.3, -0.25) is 4.98 Å². The van der Waals surface area contributed by atoms with Crippen molar-refractivity contribution >= 4 is 10.9 Å². The van der Waals surface area contributed by atoms with Gasteiger partial charge in [0.05, 0.1) is 24.4 Å². The van der Waals surface area contributed by atoms with Crippen LogP contribution in [-0.2, 0) is 6.18 Å². The van der Waals surface area contributed by atoms with Crippen molar-refractivity contribution in [3.8, 4) is 5.75 Å². The lowest BCUT2D eigenvalue weighted by atomic mass is 10.1. The highest BCUT2D eigenvalue weighted by Gasteiger charge is 2.30. The number of alkyl halides is 3. The maximum atomic E-state index is 12.4. The smallest absolute Gasteiger partial charge is 0.416 e. The van der Waals surface area contributed by atoms with Crippen LogP contribution in [-0.4, -0.2) is 12.1 Å². The van der Waals surface area contributed by atoms with Crippen LogP contribution in [0.2, 0.25) is 0 Å². The van der Waals surface area contributed by atoms with Crippen LogP contribution in [0.25, 0.3) is 10.9 Å². The van der Waals surface area contributed by atoms with Crippen LogP contribution in [0, 0.1) is 0 Å². The van der Waals surface area contributed by atoms with Gasteiger partial charge in [0.25, 0.3) is 0 Å². The molecule has 0 unspecified atom stereocenters. The molecule has 2 nitrogen and oxygen atoms in total. The van der Waals surface area contributed by atoms with Crippen LogP contribution in [0.15, 0.2) is 30.5 Å². The van der Waals surface area contributed by atoms with Gasteiger partial charge in [-0.2, -0.15) is 13.2 Å². The normalized spacial score (nSPS) is 11.8. The van der Waals surface area contributed by atoms with Crippen LogP contribution in [0.1, 0.15) is 5.56 Å². The molecule has 16 heavy (non-hydrogen) atoms. The molecule has 0 saturated carbocycles. The van der Waals surface area contributed by atoms with Crippen molar-refractivity contribution in [2.24, 2.45) is 0 Å². The number of benzene rings is 1. The Morgan fingerprint density at radius 3 is 2.56 bits per heavy atom. The molecule has 0 amide bonds. The van der Waals surface area contributed by atoms with E-state index >= 15 is 0 Å². The molecule has 0 bridgehead atoms. The van der Waals surface area contributed by atoms with Gasteiger partial charge in [-0.15, -0.1) is 0 Å². The van der Waals surface area contributed by atoms with Crippen molar-refractivity contribution in [3.05, 3.63) is 36.0 Å². The van der Waals surface area contributed by atoms with E-state index in [1.165, 1.54) is 19.4 Å². The van der Waals surface area contributed by atoms with Gasteiger partial charge >= 0.3 is 6.18 Å². The van der Waals surface area contributed by atoms with E-state index in [1.807, 2.05) is 0 Å². The number of fused-ring (bicyclic) bond motifs is 1. The van der Waals surface area contributed by atoms with Gasteiger partial charge < -0.3 is 4.74 Å². The van der Waals surface area contributed by atoms with E-state index < -0.39 is 11.7 Å². The van der Waals surface area contributed by atoms with Crippen molar-refractivity contribution in [1.29, 1.82) is 0 Å². The Labute approximate surface area is 89.7 Å². The van der Waals surface area contributed by atoms with Crippen molar-refractivity contribution in [2.75, 3.05) is 7.11 Å². The predicted octanol–water partition coefficient (Wildman–Crippen LogP) is 3.26. The Bertz CT molecular complexity index is 522. The number of pyridine rings is 1. The predicted molar refractivity (Wildman–Crippen MR) is 53.3 cm³/mol. The standard InChI is InChI=1S/C11H8F3NO/c1-16-9-4-7-2-3-8(11(12,13)14)5-10(7)15-6-9/h2-6H,1H3. The summed E-state index contributed by atoms with van der Waals surface area (Å²) in [5, 5.41) is 0.618. The van der Waals surface area contributed by atoms with Gasteiger partial charge in [-0.1, -0.05) is 6.07 Å². The number of nitrogens with zero attached hydrogens (tertiary/aromatic N) is 1. The minimum atomic E-state index is -4.34. The maximum absolute atomic E-state index is 12.4. The molecule has 5 heteroatoms. The molecule has 2 aromatic rings. The average molecular weight is 227 g/mol. The van der Waals surface area contributed by atoms with Crippen molar-refractivity contribution < 1.29 is 17.9 Å². The molecule has 0 spiro atoms. The highest BCUT2D eigenvalue weighted by atomic mass is 19.4. The van der Waals surface area contributed by atoms with Crippen molar-refractivity contribution in [2.45, 2.75) is 6.18 Å². The minimum absolute atomic E-state index is 0.302. The van der Waals surface area contributed by atoms with Crippen LogP contribution in [0.3, 0.4) is 0 Å². The van der Waals surface area contributed by atoms with Crippen LogP contribution >= 0.6 is 0 Å². The molecule has 0 aliphatic heterocycles. The van der Waals surface area contributed by atoms with Crippen molar-refractivity contribution in [1.82, 2.24) is 4.98 Å². The van der Waals surface area contributed by atoms with Gasteiger partial charge in [0.2, 0.25) is 0 Å². The summed E-state index contributed by atoms with van der Waals surface area (Å²) in [6.07, 6.45) is -2.95. The number of methoxy groups -OCH3 is 1. The third-order valence-corrected chi connectivity index (χ3v) is 2.22. The molecule has 1 aromatic carbocycles. The Morgan fingerprint density at radius 2 is 1.94 bits per heavy atom. The van der Waals surface area contributed by atoms with E-state index in [2.05, 4.69) is 4.98 Å². The zero-order valence-corrected chi connectivity index (χ0v) is 8.38. The third kappa shape index (κ3) is 1.93. The molecule has 0 saturated heterocycles. The summed E-state index contributed by atoms with van der Waals surface area (Å²) in [4.78, 5) is 3.90. The van der Waals surface area contributed by atoms with E-state index in [0.717, 1.165) is 12.1 Å². The van der Waals surface area contributed by atoms with Crippen LogP contribution in [0.4, 0.5) is 13.2 Å². The molecule has 2 rings (SSSR count). The zero-order valence-electron chi connectivity index (χ0n) is 8.38. The maximum Gasteiger partial charge on any atom is 0.416 e. The second kappa shape index (κ2) is 3.66. The van der Waals surface area contributed by atoms with E-state index in [1.54, 1.807) is 6.07 Å². The molecule has 84 valence electrons. The highest BCUT2D eigenvalue weighted by Crippen LogP contribution is 2.31. The summed E-state index contributed by atoms with van der Waals surface area (Å²) in [5.41, 5.74) is -0.395. The zero-order chi connectivity index (χ0) is 11.8. The Kier molecular flexibility index (Phi) is 2.46. The first-order valence-corrected chi connectivity index (χ1v) is 4.52. The number of aromatic nitrogens is 1. The topological polar surface area (TPSA) is 22.1 Å². The molecule has 1 heterocycles. The van der Waals surface area contributed by atoms with Crippen molar-refractivity contribution in [3.63, 3.8) is 0 Å². The summed E-state index contributed by atoms with van der Waals surface area (Å²) in [7, 11) is 1.48. The summed E-state index contributed by atoms with van der Waals surface area (Å²) in [6, 6.07) is 5.08. The summed E-state index contributed by atoms with van der Waals surface area (Å²) in [6.45, 7) is 0. The number of halogens is 3. The number of hydrogen-bond donors (Lipinski definition) is 0. The van der Waals surface area contributed by atoms with E-state index in [9.17, 15) is 13.2 Å². The van der Waals surface area contributed by atoms with Gasteiger partial charge in [0.1, 0.15) is 5.75 Å². The van der Waals surface area contributed by atoms with Gasteiger partial charge in [0, 0.05) is 5.39 Å². The first kappa shape index (κ1) is 10.7. The lowest BCUT2D eigenvalue weighted by Crippen LogP contribution is -2.04. The Morgan fingerprint density at radius 1 is 1.19 bits per heavy atom. The molecule has 0 aliphatic carbocycles. The van der Waals surface area contributed by atoms with Gasteiger partial charge in [-0.05, 0) is 18.2 Å².